The second-order valence-electron chi connectivity index (χ2n) is 4.30. The van der Waals surface area contributed by atoms with Crippen LogP contribution in [0, 0.1) is 5.92 Å². The fraction of sp³-hybridized carbons (Fsp3) is 0.917. The van der Waals surface area contributed by atoms with Gasteiger partial charge in [0.15, 0.2) is 0 Å². The van der Waals surface area contributed by atoms with E-state index in [2.05, 4.69) is 13.8 Å². The van der Waals surface area contributed by atoms with Gasteiger partial charge in [0.25, 0.3) is 0 Å². The van der Waals surface area contributed by atoms with E-state index in [0.29, 0.717) is 18.8 Å². The average molecular weight is 235 g/mol. The molecule has 0 aliphatic heterocycles. The summed E-state index contributed by atoms with van der Waals surface area (Å²) in [5.74, 6) is 0.187. The van der Waals surface area contributed by atoms with Crippen molar-refractivity contribution in [1.82, 2.24) is 0 Å². The molecule has 0 aliphatic carbocycles. The quantitative estimate of drug-likeness (QED) is 0.495. The molecule has 0 radical (unpaired) electrons. The molecule has 15 heavy (non-hydrogen) atoms. The van der Waals surface area contributed by atoms with E-state index in [0.717, 1.165) is 19.3 Å². The summed E-state index contributed by atoms with van der Waals surface area (Å²) < 4.78 is 4.78. The van der Waals surface area contributed by atoms with Crippen LogP contribution in [-0.4, -0.2) is 18.0 Å². The molecule has 0 aromatic rings. The van der Waals surface area contributed by atoms with Crippen molar-refractivity contribution in [2.75, 3.05) is 7.11 Å². The first kappa shape index (κ1) is 14.8. The zero-order valence-electron chi connectivity index (χ0n) is 10.3. The molecular formula is C12H23ClO2. The molecule has 0 fully saturated rings. The van der Waals surface area contributed by atoms with Crippen LogP contribution in [0.4, 0.5) is 0 Å². The molecule has 0 aromatic carbocycles. The van der Waals surface area contributed by atoms with Crippen molar-refractivity contribution in [3.8, 4) is 0 Å². The topological polar surface area (TPSA) is 26.3 Å². The minimum atomic E-state index is -0.807. The minimum Gasteiger partial charge on any atom is -0.468 e. The summed E-state index contributed by atoms with van der Waals surface area (Å²) in [5.41, 5.74) is 0. The zero-order chi connectivity index (χ0) is 11.9. The third-order valence-electron chi connectivity index (χ3n) is 2.65. The summed E-state index contributed by atoms with van der Waals surface area (Å²) in [7, 11) is 1.40. The van der Waals surface area contributed by atoms with Crippen molar-refractivity contribution < 1.29 is 9.53 Å². The van der Waals surface area contributed by atoms with Crippen molar-refractivity contribution >= 4 is 17.6 Å². The van der Waals surface area contributed by atoms with Crippen LogP contribution in [0.5, 0.6) is 0 Å². The molecule has 0 saturated carbocycles. The van der Waals surface area contributed by atoms with E-state index in [-0.39, 0.29) is 5.97 Å². The van der Waals surface area contributed by atoms with Gasteiger partial charge in [-0.25, -0.2) is 0 Å². The molecule has 2 nitrogen and oxygen atoms in total. The Hall–Kier alpha value is -0.240. The Morgan fingerprint density at radius 2 is 2.00 bits per heavy atom. The fourth-order valence-corrected chi connectivity index (χ4v) is 2.54. The van der Waals surface area contributed by atoms with Crippen molar-refractivity contribution in [2.45, 2.75) is 57.7 Å². The Kier molecular flexibility index (Phi) is 6.99. The molecule has 2 atom stereocenters. The molecule has 0 amide bonds. The molecule has 0 rings (SSSR count). The SMILES string of the molecule is CCCC(C)CC(Cl)(CCC)C(=O)OC. The molecule has 0 bridgehead atoms. The number of hydrogen-bond donors (Lipinski definition) is 0. The van der Waals surface area contributed by atoms with Gasteiger partial charge in [-0.1, -0.05) is 40.0 Å². The van der Waals surface area contributed by atoms with Gasteiger partial charge in [-0.3, -0.25) is 4.79 Å². The highest BCUT2D eigenvalue weighted by molar-refractivity contribution is 6.34. The Bertz CT molecular complexity index is 194. The van der Waals surface area contributed by atoms with Crippen LogP contribution in [0.2, 0.25) is 0 Å². The Balaban J connectivity index is 4.42. The fourth-order valence-electron chi connectivity index (χ4n) is 2.01. The molecule has 2 unspecified atom stereocenters. The third-order valence-corrected chi connectivity index (χ3v) is 3.15. The number of carbonyl (C=O) groups is 1. The van der Waals surface area contributed by atoms with Crippen LogP contribution >= 0.6 is 11.6 Å². The second kappa shape index (κ2) is 7.10. The highest BCUT2D eigenvalue weighted by Crippen LogP contribution is 2.32. The Labute approximate surface area is 98.3 Å². The number of esters is 1. The van der Waals surface area contributed by atoms with Crippen LogP contribution in [0.3, 0.4) is 0 Å². The number of ether oxygens (including phenoxy) is 1. The number of halogens is 1. The molecule has 3 heteroatoms. The number of hydrogen-bond acceptors (Lipinski definition) is 2. The van der Waals surface area contributed by atoms with E-state index in [9.17, 15) is 4.79 Å². The van der Waals surface area contributed by atoms with Gasteiger partial charge < -0.3 is 4.74 Å². The van der Waals surface area contributed by atoms with Crippen LogP contribution < -0.4 is 0 Å². The summed E-state index contributed by atoms with van der Waals surface area (Å²) in [6.45, 7) is 6.31. The largest absolute Gasteiger partial charge is 0.468 e. The van der Waals surface area contributed by atoms with E-state index < -0.39 is 4.87 Å². The lowest BCUT2D eigenvalue weighted by molar-refractivity contribution is -0.144. The number of alkyl halides is 1. The van der Waals surface area contributed by atoms with E-state index in [1.807, 2.05) is 6.92 Å². The molecule has 0 spiro atoms. The highest BCUT2D eigenvalue weighted by Gasteiger charge is 2.37. The van der Waals surface area contributed by atoms with Crippen LogP contribution in [0.25, 0.3) is 0 Å². The van der Waals surface area contributed by atoms with Gasteiger partial charge in [-0.05, 0) is 18.8 Å². The number of carbonyl (C=O) groups excluding carboxylic acids is 1. The summed E-state index contributed by atoms with van der Waals surface area (Å²) in [6, 6.07) is 0. The lowest BCUT2D eigenvalue weighted by atomic mass is 9.89. The van der Waals surface area contributed by atoms with Gasteiger partial charge in [-0.15, -0.1) is 11.6 Å². The molecular weight excluding hydrogens is 212 g/mol. The average Bonchev–Trinajstić information content (AvgIpc) is 2.17. The zero-order valence-corrected chi connectivity index (χ0v) is 11.1. The van der Waals surface area contributed by atoms with Crippen molar-refractivity contribution in [3.05, 3.63) is 0 Å². The molecule has 0 heterocycles. The number of methoxy groups -OCH3 is 1. The first-order chi connectivity index (χ1) is 7.00. The van der Waals surface area contributed by atoms with Crippen LogP contribution in [0.15, 0.2) is 0 Å². The molecule has 0 aliphatic rings. The normalized spacial score (nSPS) is 16.9. The van der Waals surface area contributed by atoms with Gasteiger partial charge in [-0.2, -0.15) is 0 Å². The summed E-state index contributed by atoms with van der Waals surface area (Å²) >= 11 is 6.35. The third kappa shape index (κ3) is 4.87. The van der Waals surface area contributed by atoms with Gasteiger partial charge in [0.2, 0.25) is 0 Å². The van der Waals surface area contributed by atoms with Crippen LogP contribution in [-0.2, 0) is 9.53 Å². The van der Waals surface area contributed by atoms with Crippen molar-refractivity contribution in [2.24, 2.45) is 5.92 Å². The lowest BCUT2D eigenvalue weighted by Gasteiger charge is -2.26. The molecule has 90 valence electrons. The molecule has 0 N–H and O–H groups in total. The van der Waals surface area contributed by atoms with Gasteiger partial charge in [0.05, 0.1) is 7.11 Å². The number of rotatable bonds is 7. The molecule has 0 saturated heterocycles. The second-order valence-corrected chi connectivity index (χ2v) is 5.03. The Morgan fingerprint density at radius 3 is 2.40 bits per heavy atom. The van der Waals surface area contributed by atoms with E-state index >= 15 is 0 Å². The van der Waals surface area contributed by atoms with Crippen molar-refractivity contribution in [1.29, 1.82) is 0 Å². The molecule has 0 aromatic heterocycles. The van der Waals surface area contributed by atoms with Crippen LogP contribution in [0.1, 0.15) is 52.9 Å². The van der Waals surface area contributed by atoms with E-state index in [4.69, 9.17) is 16.3 Å². The minimum absolute atomic E-state index is 0.283. The standard InChI is InChI=1S/C12H23ClO2/c1-5-7-10(3)9-12(13,8-6-2)11(14)15-4/h10H,5-9H2,1-4H3. The first-order valence-corrected chi connectivity index (χ1v) is 6.15. The maximum atomic E-state index is 11.6. The van der Waals surface area contributed by atoms with E-state index in [1.165, 1.54) is 7.11 Å². The van der Waals surface area contributed by atoms with Crippen molar-refractivity contribution in [3.63, 3.8) is 0 Å². The highest BCUT2D eigenvalue weighted by atomic mass is 35.5. The van der Waals surface area contributed by atoms with Gasteiger partial charge >= 0.3 is 5.97 Å². The summed E-state index contributed by atoms with van der Waals surface area (Å²) in [5, 5.41) is 0. The first-order valence-electron chi connectivity index (χ1n) is 5.77. The maximum Gasteiger partial charge on any atom is 0.326 e. The maximum absolute atomic E-state index is 11.6. The lowest BCUT2D eigenvalue weighted by Crippen LogP contribution is -2.35. The predicted molar refractivity (Wildman–Crippen MR) is 64.2 cm³/mol. The predicted octanol–water partition coefficient (Wildman–Crippen LogP) is 3.76. The monoisotopic (exact) mass is 234 g/mol. The Morgan fingerprint density at radius 1 is 1.40 bits per heavy atom. The smallest absolute Gasteiger partial charge is 0.326 e. The summed E-state index contributed by atoms with van der Waals surface area (Å²) in [4.78, 5) is 10.8. The van der Waals surface area contributed by atoms with E-state index in [1.54, 1.807) is 0 Å². The van der Waals surface area contributed by atoms with Gasteiger partial charge in [0, 0.05) is 0 Å². The van der Waals surface area contributed by atoms with Gasteiger partial charge in [0.1, 0.15) is 4.87 Å². The summed E-state index contributed by atoms with van der Waals surface area (Å²) in [6.07, 6.45) is 4.53.